The smallest absolute Gasteiger partial charge is 0.305 e. The molecule has 0 aromatic heterocycles. The highest BCUT2D eigenvalue weighted by Crippen LogP contribution is 2.17. The summed E-state index contributed by atoms with van der Waals surface area (Å²) in [5.74, 6) is -0.0876. The van der Waals surface area contributed by atoms with E-state index in [2.05, 4.69) is 43.5 Å². The van der Waals surface area contributed by atoms with E-state index in [0.29, 0.717) is 19.4 Å². The molecule has 0 heterocycles. The molecule has 72 heavy (non-hydrogen) atoms. The molecule has 0 bridgehead atoms. The summed E-state index contributed by atoms with van der Waals surface area (Å²) >= 11 is 0. The molecule has 6 nitrogen and oxygen atoms in total. The van der Waals surface area contributed by atoms with Gasteiger partial charge in [0.15, 0.2) is 0 Å². The Morgan fingerprint density at radius 3 is 0.986 bits per heavy atom. The summed E-state index contributed by atoms with van der Waals surface area (Å²) in [5, 5.41) is 23.2. The van der Waals surface area contributed by atoms with Crippen molar-refractivity contribution in [3.05, 3.63) is 36.5 Å². The monoisotopic (exact) mass is 1010 g/mol. The Morgan fingerprint density at radius 2 is 0.653 bits per heavy atom. The van der Waals surface area contributed by atoms with Crippen LogP contribution in [0.5, 0.6) is 0 Å². The number of ether oxygens (including phenoxy) is 1. The standard InChI is InChI=1S/C66H125NO5/c1-3-5-7-9-11-13-15-17-19-20-21-22-23-24-25-27-31-34-38-42-46-50-54-58-64(69)63(62-68)67-65(70)59-55-51-47-43-39-35-32-28-26-29-33-37-41-45-49-53-57-61-72-66(71)60-56-52-48-44-40-36-30-18-16-14-12-10-8-6-4-2/h18,26,29-30,54,58,63-64,68-69H,3-17,19-25,27-28,31-53,55-57,59-62H2,1-2H3,(H,67,70)/b29-26-,30-18-,58-54+. The minimum absolute atomic E-state index is 0.0103. The van der Waals surface area contributed by atoms with Crippen molar-refractivity contribution in [2.24, 2.45) is 0 Å². The molecule has 0 aliphatic heterocycles. The minimum atomic E-state index is -0.854. The lowest BCUT2D eigenvalue weighted by Crippen LogP contribution is -2.45. The quantitative estimate of drug-likeness (QED) is 0.0320. The molecule has 0 saturated carbocycles. The van der Waals surface area contributed by atoms with E-state index in [-0.39, 0.29) is 18.5 Å². The molecule has 0 saturated heterocycles. The molecule has 0 aromatic rings. The highest BCUT2D eigenvalue weighted by Gasteiger charge is 2.18. The maximum absolute atomic E-state index is 12.5. The summed E-state index contributed by atoms with van der Waals surface area (Å²) in [4.78, 5) is 24.6. The Balaban J connectivity index is 3.49. The van der Waals surface area contributed by atoms with Gasteiger partial charge in [0.05, 0.1) is 25.4 Å². The zero-order valence-electron chi connectivity index (χ0n) is 48.4. The van der Waals surface area contributed by atoms with Crippen LogP contribution in [0.4, 0.5) is 0 Å². The van der Waals surface area contributed by atoms with Crippen LogP contribution in [0.25, 0.3) is 0 Å². The summed E-state index contributed by atoms with van der Waals surface area (Å²) in [6.07, 6.45) is 77.6. The van der Waals surface area contributed by atoms with Gasteiger partial charge in [-0.3, -0.25) is 9.59 Å². The van der Waals surface area contributed by atoms with Gasteiger partial charge >= 0.3 is 5.97 Å². The highest BCUT2D eigenvalue weighted by atomic mass is 16.5. The summed E-state index contributed by atoms with van der Waals surface area (Å²) in [6.45, 7) is 4.90. The molecule has 0 rings (SSSR count). The third kappa shape index (κ3) is 57.4. The van der Waals surface area contributed by atoms with Crippen LogP contribution in [0.1, 0.15) is 348 Å². The van der Waals surface area contributed by atoms with Crippen molar-refractivity contribution in [1.29, 1.82) is 0 Å². The van der Waals surface area contributed by atoms with Gasteiger partial charge in [0.2, 0.25) is 5.91 Å². The number of rotatable bonds is 60. The molecular formula is C66H125NO5. The number of hydrogen-bond acceptors (Lipinski definition) is 5. The SMILES string of the molecule is CCCCCCCC/C=C\CCCCCCCC(=O)OCCCCCCCC/C=C\CCCCCCCCCC(=O)NC(CO)C(O)/C=C/CCCCCCCCCCCCCCCCCCCCCCC. The topological polar surface area (TPSA) is 95.9 Å². The van der Waals surface area contributed by atoms with Crippen LogP contribution in [0.3, 0.4) is 0 Å². The van der Waals surface area contributed by atoms with E-state index in [4.69, 9.17) is 4.74 Å². The molecule has 6 heteroatoms. The van der Waals surface area contributed by atoms with Crippen LogP contribution in [0, 0.1) is 0 Å². The van der Waals surface area contributed by atoms with Gasteiger partial charge in [-0.05, 0) is 83.5 Å². The van der Waals surface area contributed by atoms with Gasteiger partial charge < -0.3 is 20.3 Å². The maximum Gasteiger partial charge on any atom is 0.305 e. The first-order chi connectivity index (χ1) is 35.5. The van der Waals surface area contributed by atoms with E-state index in [0.717, 1.165) is 57.8 Å². The summed E-state index contributed by atoms with van der Waals surface area (Å²) in [6, 6.07) is -0.639. The first-order valence-corrected chi connectivity index (χ1v) is 32.3. The van der Waals surface area contributed by atoms with E-state index < -0.39 is 12.1 Å². The van der Waals surface area contributed by atoms with Crippen molar-refractivity contribution < 1.29 is 24.5 Å². The molecule has 0 spiro atoms. The lowest BCUT2D eigenvalue weighted by molar-refractivity contribution is -0.143. The van der Waals surface area contributed by atoms with Gasteiger partial charge in [0.1, 0.15) is 0 Å². The Kier molecular flexibility index (Phi) is 60.0. The first-order valence-electron chi connectivity index (χ1n) is 32.3. The van der Waals surface area contributed by atoms with Crippen molar-refractivity contribution in [2.45, 2.75) is 360 Å². The number of allylic oxidation sites excluding steroid dienone is 5. The summed E-state index contributed by atoms with van der Waals surface area (Å²) in [7, 11) is 0. The van der Waals surface area contributed by atoms with Crippen LogP contribution in [0.2, 0.25) is 0 Å². The summed E-state index contributed by atoms with van der Waals surface area (Å²) in [5.41, 5.74) is 0. The van der Waals surface area contributed by atoms with E-state index in [1.165, 1.54) is 263 Å². The van der Waals surface area contributed by atoms with Crippen molar-refractivity contribution in [2.75, 3.05) is 13.2 Å². The number of aliphatic hydroxyl groups excluding tert-OH is 2. The predicted molar refractivity (Wildman–Crippen MR) is 315 cm³/mol. The van der Waals surface area contributed by atoms with Gasteiger partial charge in [0, 0.05) is 12.8 Å². The van der Waals surface area contributed by atoms with Crippen LogP contribution in [-0.4, -0.2) is 47.4 Å². The molecule has 3 N–H and O–H groups in total. The fourth-order valence-electron chi connectivity index (χ4n) is 9.92. The number of esters is 1. The average Bonchev–Trinajstić information content (AvgIpc) is 3.38. The predicted octanol–water partition coefficient (Wildman–Crippen LogP) is 20.4. The van der Waals surface area contributed by atoms with Crippen molar-refractivity contribution in [1.82, 2.24) is 5.32 Å². The molecule has 0 aliphatic carbocycles. The lowest BCUT2D eigenvalue weighted by Gasteiger charge is -2.20. The van der Waals surface area contributed by atoms with Crippen LogP contribution >= 0.6 is 0 Å². The van der Waals surface area contributed by atoms with Crippen molar-refractivity contribution in [3.63, 3.8) is 0 Å². The van der Waals surface area contributed by atoms with E-state index >= 15 is 0 Å². The molecule has 2 unspecified atom stereocenters. The first kappa shape index (κ1) is 70.1. The second kappa shape index (κ2) is 61.6. The zero-order valence-corrected chi connectivity index (χ0v) is 48.4. The number of hydrogen-bond donors (Lipinski definition) is 3. The number of nitrogens with one attached hydrogen (secondary N) is 1. The molecule has 0 fully saturated rings. The van der Waals surface area contributed by atoms with Crippen LogP contribution < -0.4 is 5.32 Å². The fourth-order valence-corrected chi connectivity index (χ4v) is 9.92. The average molecular weight is 1010 g/mol. The minimum Gasteiger partial charge on any atom is -0.466 e. The number of amides is 1. The zero-order chi connectivity index (χ0) is 52.2. The largest absolute Gasteiger partial charge is 0.466 e. The number of unbranched alkanes of at least 4 members (excludes halogenated alkanes) is 45. The number of carbonyl (C=O) groups is 2. The van der Waals surface area contributed by atoms with Crippen molar-refractivity contribution >= 4 is 11.9 Å². The van der Waals surface area contributed by atoms with Gasteiger partial charge in [0.25, 0.3) is 0 Å². The molecule has 2 atom stereocenters. The third-order valence-corrected chi connectivity index (χ3v) is 14.9. The number of carbonyl (C=O) groups excluding carboxylic acids is 2. The maximum atomic E-state index is 12.5. The second-order valence-electron chi connectivity index (χ2n) is 22.1. The van der Waals surface area contributed by atoms with E-state index in [9.17, 15) is 19.8 Å². The Hall–Kier alpha value is -1.92. The van der Waals surface area contributed by atoms with Gasteiger partial charge in [-0.15, -0.1) is 0 Å². The molecular weight excluding hydrogens is 887 g/mol. The molecule has 424 valence electrons. The lowest BCUT2D eigenvalue weighted by atomic mass is 10.0. The Morgan fingerprint density at radius 1 is 0.375 bits per heavy atom. The van der Waals surface area contributed by atoms with E-state index in [1.807, 2.05) is 6.08 Å². The van der Waals surface area contributed by atoms with Gasteiger partial charge in [-0.1, -0.05) is 288 Å². The van der Waals surface area contributed by atoms with Crippen LogP contribution in [0.15, 0.2) is 36.5 Å². The van der Waals surface area contributed by atoms with Crippen LogP contribution in [-0.2, 0) is 14.3 Å². The van der Waals surface area contributed by atoms with Gasteiger partial charge in [-0.2, -0.15) is 0 Å². The second-order valence-corrected chi connectivity index (χ2v) is 22.1. The number of aliphatic hydroxyl groups is 2. The highest BCUT2D eigenvalue weighted by molar-refractivity contribution is 5.76. The van der Waals surface area contributed by atoms with Crippen molar-refractivity contribution in [3.8, 4) is 0 Å². The Labute approximate surface area is 449 Å². The Bertz CT molecular complexity index is 1170. The van der Waals surface area contributed by atoms with E-state index in [1.54, 1.807) is 6.08 Å². The van der Waals surface area contributed by atoms with Gasteiger partial charge in [-0.25, -0.2) is 0 Å². The molecule has 0 aromatic carbocycles. The summed E-state index contributed by atoms with van der Waals surface area (Å²) < 4.78 is 5.47. The fraction of sp³-hybridized carbons (Fsp3) is 0.879. The molecule has 1 amide bonds. The normalized spacial score (nSPS) is 12.8. The molecule has 0 aliphatic rings. The molecule has 0 radical (unpaired) electrons. The third-order valence-electron chi connectivity index (χ3n) is 14.9.